The number of carbonyl (C=O) groups is 1. The van der Waals surface area contributed by atoms with Crippen molar-refractivity contribution >= 4 is 5.91 Å². The highest BCUT2D eigenvalue weighted by Gasteiger charge is 2.26. The minimum Gasteiger partial charge on any atom is -0.396 e. The topological polar surface area (TPSA) is 75.4 Å². The number of amides is 1. The molecular formula is C12H26N2O2. The van der Waals surface area contributed by atoms with Crippen LogP contribution in [0, 0.1) is 0 Å². The highest BCUT2D eigenvalue weighted by Crippen LogP contribution is 2.08. The van der Waals surface area contributed by atoms with Crippen molar-refractivity contribution in [3.8, 4) is 0 Å². The zero-order valence-electron chi connectivity index (χ0n) is 10.6. The van der Waals surface area contributed by atoms with E-state index in [0.717, 1.165) is 32.1 Å². The van der Waals surface area contributed by atoms with Crippen LogP contribution in [0.1, 0.15) is 52.4 Å². The van der Waals surface area contributed by atoms with Gasteiger partial charge in [0.15, 0.2) is 0 Å². The van der Waals surface area contributed by atoms with Crippen molar-refractivity contribution in [1.82, 2.24) is 5.32 Å². The standard InChI is InChI=1S/C12H26N2O2/c1-3-8-12(2,13)11(16)14-9-6-4-5-7-10-15/h15H,3-10,13H2,1-2H3,(H,14,16). The van der Waals surface area contributed by atoms with Crippen LogP contribution in [0.2, 0.25) is 0 Å². The van der Waals surface area contributed by atoms with Crippen molar-refractivity contribution in [2.45, 2.75) is 57.9 Å². The predicted octanol–water partition coefficient (Wildman–Crippen LogP) is 1.17. The Morgan fingerprint density at radius 3 is 2.50 bits per heavy atom. The number of hydrogen-bond donors (Lipinski definition) is 3. The number of unbranched alkanes of at least 4 members (excludes halogenated alkanes) is 3. The van der Waals surface area contributed by atoms with E-state index in [1.165, 1.54) is 0 Å². The minimum absolute atomic E-state index is 0.0588. The lowest BCUT2D eigenvalue weighted by Gasteiger charge is -2.22. The maximum Gasteiger partial charge on any atom is 0.239 e. The smallest absolute Gasteiger partial charge is 0.239 e. The molecule has 0 aliphatic heterocycles. The molecule has 0 aromatic heterocycles. The van der Waals surface area contributed by atoms with Crippen LogP contribution in [0.5, 0.6) is 0 Å². The summed E-state index contributed by atoms with van der Waals surface area (Å²) in [6.45, 7) is 4.73. The summed E-state index contributed by atoms with van der Waals surface area (Å²) in [6.07, 6.45) is 5.48. The van der Waals surface area contributed by atoms with Gasteiger partial charge < -0.3 is 16.2 Å². The first-order valence-corrected chi connectivity index (χ1v) is 6.22. The predicted molar refractivity (Wildman–Crippen MR) is 66.1 cm³/mol. The van der Waals surface area contributed by atoms with Crippen LogP contribution in [0.3, 0.4) is 0 Å². The molecule has 0 rings (SSSR count). The van der Waals surface area contributed by atoms with E-state index < -0.39 is 5.54 Å². The molecule has 0 aromatic carbocycles. The molecule has 0 radical (unpaired) electrons. The fraction of sp³-hybridized carbons (Fsp3) is 0.917. The zero-order valence-corrected chi connectivity index (χ0v) is 10.6. The molecule has 0 bridgehead atoms. The lowest BCUT2D eigenvalue weighted by Crippen LogP contribution is -2.51. The Labute approximate surface area is 98.6 Å². The summed E-state index contributed by atoms with van der Waals surface area (Å²) in [7, 11) is 0. The molecule has 96 valence electrons. The molecule has 1 unspecified atom stereocenters. The van der Waals surface area contributed by atoms with E-state index in [-0.39, 0.29) is 12.5 Å². The van der Waals surface area contributed by atoms with Gasteiger partial charge in [0.1, 0.15) is 0 Å². The maximum absolute atomic E-state index is 11.7. The van der Waals surface area contributed by atoms with Crippen LogP contribution in [-0.2, 0) is 4.79 Å². The molecule has 0 fully saturated rings. The number of nitrogens with one attached hydrogen (secondary N) is 1. The van der Waals surface area contributed by atoms with E-state index in [4.69, 9.17) is 10.8 Å². The molecule has 1 atom stereocenters. The molecule has 0 aliphatic rings. The quantitative estimate of drug-likeness (QED) is 0.520. The molecule has 0 saturated carbocycles. The van der Waals surface area contributed by atoms with Crippen LogP contribution < -0.4 is 11.1 Å². The zero-order chi connectivity index (χ0) is 12.4. The fourth-order valence-corrected chi connectivity index (χ4v) is 1.63. The van der Waals surface area contributed by atoms with Crippen molar-refractivity contribution in [1.29, 1.82) is 0 Å². The van der Waals surface area contributed by atoms with Gasteiger partial charge in [-0.05, 0) is 26.2 Å². The third-order valence-corrected chi connectivity index (χ3v) is 2.66. The Bertz CT molecular complexity index is 193. The fourth-order valence-electron chi connectivity index (χ4n) is 1.63. The summed E-state index contributed by atoms with van der Waals surface area (Å²) in [4.78, 5) is 11.7. The lowest BCUT2D eigenvalue weighted by molar-refractivity contribution is -0.126. The lowest BCUT2D eigenvalue weighted by atomic mass is 9.96. The number of rotatable bonds is 9. The second kappa shape index (κ2) is 8.53. The van der Waals surface area contributed by atoms with E-state index in [9.17, 15) is 4.79 Å². The third kappa shape index (κ3) is 6.80. The molecule has 4 nitrogen and oxygen atoms in total. The molecule has 4 N–H and O–H groups in total. The molecule has 0 saturated heterocycles. The van der Waals surface area contributed by atoms with Gasteiger partial charge in [0.05, 0.1) is 5.54 Å². The van der Waals surface area contributed by atoms with Crippen LogP contribution in [0.25, 0.3) is 0 Å². The van der Waals surface area contributed by atoms with Crippen molar-refractivity contribution < 1.29 is 9.90 Å². The van der Waals surface area contributed by atoms with Gasteiger partial charge in [-0.25, -0.2) is 0 Å². The molecule has 0 aromatic rings. The van der Waals surface area contributed by atoms with Gasteiger partial charge in [-0.3, -0.25) is 4.79 Å². The molecule has 0 spiro atoms. The average molecular weight is 230 g/mol. The summed E-state index contributed by atoms with van der Waals surface area (Å²) >= 11 is 0. The SMILES string of the molecule is CCCC(C)(N)C(=O)NCCCCCCO. The van der Waals surface area contributed by atoms with Crippen LogP contribution in [0.15, 0.2) is 0 Å². The number of aliphatic hydroxyl groups is 1. The van der Waals surface area contributed by atoms with Gasteiger partial charge >= 0.3 is 0 Å². The van der Waals surface area contributed by atoms with E-state index in [1.807, 2.05) is 6.92 Å². The maximum atomic E-state index is 11.7. The first kappa shape index (κ1) is 15.4. The molecule has 4 heteroatoms. The summed E-state index contributed by atoms with van der Waals surface area (Å²) < 4.78 is 0. The summed E-state index contributed by atoms with van der Waals surface area (Å²) in [5.74, 6) is -0.0588. The highest BCUT2D eigenvalue weighted by molar-refractivity contribution is 5.85. The van der Waals surface area contributed by atoms with E-state index in [2.05, 4.69) is 5.32 Å². The van der Waals surface area contributed by atoms with Gasteiger partial charge in [-0.15, -0.1) is 0 Å². The summed E-state index contributed by atoms with van der Waals surface area (Å²) in [5, 5.41) is 11.4. The second-order valence-electron chi connectivity index (χ2n) is 4.56. The Morgan fingerprint density at radius 1 is 1.31 bits per heavy atom. The van der Waals surface area contributed by atoms with E-state index in [1.54, 1.807) is 6.92 Å². The van der Waals surface area contributed by atoms with Crippen LogP contribution >= 0.6 is 0 Å². The molecule has 0 aliphatic carbocycles. The first-order chi connectivity index (χ1) is 7.54. The summed E-state index contributed by atoms with van der Waals surface area (Å²) in [5.41, 5.74) is 5.15. The highest BCUT2D eigenvalue weighted by atomic mass is 16.2. The Morgan fingerprint density at radius 2 is 1.94 bits per heavy atom. The van der Waals surface area contributed by atoms with Gasteiger partial charge in [-0.2, -0.15) is 0 Å². The Balaban J connectivity index is 3.57. The third-order valence-electron chi connectivity index (χ3n) is 2.66. The number of aliphatic hydroxyl groups excluding tert-OH is 1. The normalized spacial score (nSPS) is 14.5. The Hall–Kier alpha value is -0.610. The number of carbonyl (C=O) groups excluding carboxylic acids is 1. The minimum atomic E-state index is -0.736. The number of nitrogens with two attached hydrogens (primary N) is 1. The van der Waals surface area contributed by atoms with Crippen molar-refractivity contribution in [2.75, 3.05) is 13.2 Å². The molecule has 0 heterocycles. The largest absolute Gasteiger partial charge is 0.396 e. The monoisotopic (exact) mass is 230 g/mol. The van der Waals surface area contributed by atoms with Crippen molar-refractivity contribution in [2.24, 2.45) is 5.73 Å². The first-order valence-electron chi connectivity index (χ1n) is 6.22. The summed E-state index contributed by atoms with van der Waals surface area (Å²) in [6, 6.07) is 0. The van der Waals surface area contributed by atoms with Gasteiger partial charge in [0.25, 0.3) is 0 Å². The van der Waals surface area contributed by atoms with Gasteiger partial charge in [0.2, 0.25) is 5.91 Å². The molecule has 16 heavy (non-hydrogen) atoms. The van der Waals surface area contributed by atoms with Crippen molar-refractivity contribution in [3.05, 3.63) is 0 Å². The van der Waals surface area contributed by atoms with E-state index >= 15 is 0 Å². The molecule has 1 amide bonds. The average Bonchev–Trinajstić information content (AvgIpc) is 2.22. The molecular weight excluding hydrogens is 204 g/mol. The second-order valence-corrected chi connectivity index (χ2v) is 4.56. The van der Waals surface area contributed by atoms with Gasteiger partial charge in [-0.1, -0.05) is 26.2 Å². The van der Waals surface area contributed by atoms with Crippen LogP contribution in [-0.4, -0.2) is 29.7 Å². The van der Waals surface area contributed by atoms with Crippen LogP contribution in [0.4, 0.5) is 0 Å². The van der Waals surface area contributed by atoms with Crippen molar-refractivity contribution in [3.63, 3.8) is 0 Å². The Kier molecular flexibility index (Phi) is 8.21. The van der Waals surface area contributed by atoms with Gasteiger partial charge in [0, 0.05) is 13.2 Å². The van der Waals surface area contributed by atoms with E-state index in [0.29, 0.717) is 13.0 Å². The number of hydrogen-bond acceptors (Lipinski definition) is 3.